The van der Waals surface area contributed by atoms with Gasteiger partial charge in [-0.15, -0.1) is 11.8 Å². The molecule has 0 saturated carbocycles. The average molecular weight is 519 g/mol. The zero-order valence-corrected chi connectivity index (χ0v) is 20.0. The predicted molar refractivity (Wildman–Crippen MR) is 136 cm³/mol. The van der Waals surface area contributed by atoms with Crippen molar-refractivity contribution in [1.82, 2.24) is 10.4 Å². The second-order valence-electron chi connectivity index (χ2n) is 8.21. The first-order valence-corrected chi connectivity index (χ1v) is 12.3. The second-order valence-corrected chi connectivity index (χ2v) is 9.28. The number of halogens is 2. The van der Waals surface area contributed by atoms with Crippen LogP contribution < -0.4 is 10.2 Å². The van der Waals surface area contributed by atoms with Crippen LogP contribution in [0.3, 0.4) is 0 Å². The summed E-state index contributed by atoms with van der Waals surface area (Å²) in [5.41, 5.74) is 3.48. The number of amides is 2. The minimum Gasteiger partial charge on any atom is -0.507 e. The highest BCUT2D eigenvalue weighted by Gasteiger charge is 2.35. The molecule has 1 aliphatic heterocycles. The molecule has 0 aliphatic carbocycles. The number of ether oxygens (including phenoxy) is 1. The largest absolute Gasteiger partial charge is 0.507 e. The van der Waals surface area contributed by atoms with E-state index in [0.29, 0.717) is 11.5 Å². The molecule has 1 heterocycles. The highest BCUT2D eigenvalue weighted by Crippen LogP contribution is 2.39. The number of carbonyl (C=O) groups excluding carboxylic acids is 2. The van der Waals surface area contributed by atoms with E-state index in [0.717, 1.165) is 17.7 Å². The highest BCUT2D eigenvalue weighted by molar-refractivity contribution is 8.00. The molecule has 2 N–H and O–H groups in total. The SMILES string of the molecule is O=C(NN1C(=O)CSC1c1cccc(Oc2ccccc2)c1)c1cc(-c2ccc(F)cc2F)ccc1O. The number of rotatable bonds is 6. The predicted octanol–water partition coefficient (Wildman–Crippen LogP) is 6.05. The van der Waals surface area contributed by atoms with Crippen molar-refractivity contribution < 1.29 is 28.2 Å². The number of nitrogens with zero attached hydrogens (tertiary/aromatic N) is 1. The van der Waals surface area contributed by atoms with Crippen LogP contribution in [0.25, 0.3) is 11.1 Å². The first-order valence-electron chi connectivity index (χ1n) is 11.2. The van der Waals surface area contributed by atoms with Gasteiger partial charge in [0, 0.05) is 11.6 Å². The van der Waals surface area contributed by atoms with Gasteiger partial charge in [-0.2, -0.15) is 0 Å². The Hall–Kier alpha value is -4.37. The summed E-state index contributed by atoms with van der Waals surface area (Å²) in [7, 11) is 0. The number of aromatic hydroxyl groups is 1. The minimum atomic E-state index is -0.805. The Balaban J connectivity index is 1.38. The average Bonchev–Trinajstić information content (AvgIpc) is 3.25. The molecule has 0 aromatic heterocycles. The molecule has 4 aromatic rings. The Labute approximate surface area is 215 Å². The third kappa shape index (κ3) is 5.26. The lowest BCUT2D eigenvalue weighted by Gasteiger charge is -2.25. The highest BCUT2D eigenvalue weighted by atomic mass is 32.2. The van der Waals surface area contributed by atoms with Gasteiger partial charge in [0.25, 0.3) is 11.8 Å². The molecule has 1 fully saturated rings. The van der Waals surface area contributed by atoms with E-state index in [2.05, 4.69) is 5.43 Å². The summed E-state index contributed by atoms with van der Waals surface area (Å²) in [6.45, 7) is 0. The van der Waals surface area contributed by atoms with Crippen molar-refractivity contribution in [2.24, 2.45) is 0 Å². The van der Waals surface area contributed by atoms with Crippen molar-refractivity contribution >= 4 is 23.6 Å². The van der Waals surface area contributed by atoms with Crippen molar-refractivity contribution in [1.29, 1.82) is 0 Å². The second kappa shape index (κ2) is 10.3. The molecule has 0 spiro atoms. The first kappa shape index (κ1) is 24.3. The van der Waals surface area contributed by atoms with Gasteiger partial charge in [0.05, 0.1) is 11.3 Å². The molecule has 0 bridgehead atoms. The summed E-state index contributed by atoms with van der Waals surface area (Å²) >= 11 is 1.33. The molecule has 2 amide bonds. The van der Waals surface area contributed by atoms with Crippen LogP contribution in [0, 0.1) is 11.6 Å². The van der Waals surface area contributed by atoms with E-state index in [1.54, 1.807) is 18.2 Å². The maximum atomic E-state index is 14.3. The fraction of sp³-hybridized carbons (Fsp3) is 0.0714. The van der Waals surface area contributed by atoms with Crippen molar-refractivity contribution in [3.63, 3.8) is 0 Å². The van der Waals surface area contributed by atoms with Gasteiger partial charge in [0.15, 0.2) is 0 Å². The molecule has 1 atom stereocenters. The Kier molecular flexibility index (Phi) is 6.78. The number of hydrazine groups is 1. The van der Waals surface area contributed by atoms with Gasteiger partial charge in [0.1, 0.15) is 34.3 Å². The van der Waals surface area contributed by atoms with E-state index in [4.69, 9.17) is 4.74 Å². The van der Waals surface area contributed by atoms with Crippen molar-refractivity contribution in [2.75, 3.05) is 5.75 Å². The van der Waals surface area contributed by atoms with E-state index in [-0.39, 0.29) is 34.1 Å². The number of benzene rings is 4. The van der Waals surface area contributed by atoms with Gasteiger partial charge in [-0.1, -0.05) is 36.4 Å². The molecule has 9 heteroatoms. The molecule has 4 aromatic carbocycles. The van der Waals surface area contributed by atoms with Gasteiger partial charge in [-0.05, 0) is 59.7 Å². The molecule has 186 valence electrons. The summed E-state index contributed by atoms with van der Waals surface area (Å²) in [6, 6.07) is 23.5. The van der Waals surface area contributed by atoms with Gasteiger partial charge in [0.2, 0.25) is 0 Å². The maximum Gasteiger partial charge on any atom is 0.273 e. The number of para-hydroxylation sites is 1. The van der Waals surface area contributed by atoms with Crippen LogP contribution in [0.1, 0.15) is 21.3 Å². The summed E-state index contributed by atoms with van der Waals surface area (Å²) in [4.78, 5) is 25.8. The number of nitrogens with one attached hydrogen (secondary N) is 1. The summed E-state index contributed by atoms with van der Waals surface area (Å²) < 4.78 is 33.5. The number of phenolic OH excluding ortho intramolecular Hbond substituents is 1. The molecular formula is C28H20F2N2O4S. The van der Waals surface area contributed by atoms with Crippen molar-refractivity contribution in [3.8, 4) is 28.4 Å². The lowest BCUT2D eigenvalue weighted by Crippen LogP contribution is -2.44. The minimum absolute atomic E-state index is 0.0661. The van der Waals surface area contributed by atoms with Crippen molar-refractivity contribution in [2.45, 2.75) is 5.37 Å². The molecular weight excluding hydrogens is 498 g/mol. The molecule has 1 saturated heterocycles. The van der Waals surface area contributed by atoms with Crippen LogP contribution in [-0.4, -0.2) is 27.7 Å². The van der Waals surface area contributed by atoms with Crippen LogP contribution in [0.2, 0.25) is 0 Å². The number of thioether (sulfide) groups is 1. The number of hydrogen-bond donors (Lipinski definition) is 2. The Bertz CT molecular complexity index is 1480. The fourth-order valence-electron chi connectivity index (χ4n) is 3.93. The Morgan fingerprint density at radius 3 is 2.51 bits per heavy atom. The van der Waals surface area contributed by atoms with Gasteiger partial charge in [-0.25, -0.2) is 13.8 Å². The molecule has 5 rings (SSSR count). The third-order valence-electron chi connectivity index (χ3n) is 5.70. The van der Waals surface area contributed by atoms with Crippen LogP contribution in [0.5, 0.6) is 17.2 Å². The van der Waals surface area contributed by atoms with Crippen LogP contribution in [-0.2, 0) is 4.79 Å². The monoisotopic (exact) mass is 518 g/mol. The summed E-state index contributed by atoms with van der Waals surface area (Å²) in [5, 5.41) is 11.0. The Morgan fingerprint density at radius 2 is 1.73 bits per heavy atom. The van der Waals surface area contributed by atoms with E-state index in [1.165, 1.54) is 41.0 Å². The standard InChI is InChI=1S/C28H20F2N2O4S/c29-19-10-11-22(24(30)15-19)17-9-12-25(33)23(14-17)27(35)31-32-26(34)16-37-28(32)18-5-4-8-21(13-18)36-20-6-2-1-3-7-20/h1-15,28,33H,16H2,(H,31,35). The third-order valence-corrected chi connectivity index (χ3v) is 6.91. The van der Waals surface area contributed by atoms with E-state index >= 15 is 0 Å². The molecule has 0 radical (unpaired) electrons. The smallest absolute Gasteiger partial charge is 0.273 e. The van der Waals surface area contributed by atoms with E-state index < -0.39 is 22.9 Å². The van der Waals surface area contributed by atoms with Crippen LogP contribution >= 0.6 is 11.8 Å². The lowest BCUT2D eigenvalue weighted by molar-refractivity contribution is -0.130. The quantitative estimate of drug-likeness (QED) is 0.325. The molecule has 1 unspecified atom stereocenters. The molecule has 37 heavy (non-hydrogen) atoms. The lowest BCUT2D eigenvalue weighted by atomic mass is 10.0. The molecule has 6 nitrogen and oxygen atoms in total. The van der Waals surface area contributed by atoms with Gasteiger partial charge < -0.3 is 9.84 Å². The maximum absolute atomic E-state index is 14.3. The zero-order chi connectivity index (χ0) is 25.9. The van der Waals surface area contributed by atoms with Gasteiger partial charge in [-0.3, -0.25) is 15.0 Å². The van der Waals surface area contributed by atoms with Gasteiger partial charge >= 0.3 is 0 Å². The van der Waals surface area contributed by atoms with E-state index in [9.17, 15) is 23.5 Å². The number of hydrogen-bond acceptors (Lipinski definition) is 5. The van der Waals surface area contributed by atoms with E-state index in [1.807, 2.05) is 36.4 Å². The van der Waals surface area contributed by atoms with Crippen LogP contribution in [0.4, 0.5) is 8.78 Å². The summed E-state index contributed by atoms with van der Waals surface area (Å²) in [5.74, 6) is -1.58. The normalized spacial score (nSPS) is 15.0. The topological polar surface area (TPSA) is 78.9 Å². The zero-order valence-electron chi connectivity index (χ0n) is 19.2. The number of phenols is 1. The summed E-state index contributed by atoms with van der Waals surface area (Å²) in [6.07, 6.45) is 0. The molecule has 1 aliphatic rings. The Morgan fingerprint density at radius 1 is 0.946 bits per heavy atom. The first-order chi connectivity index (χ1) is 17.9. The van der Waals surface area contributed by atoms with Crippen LogP contribution in [0.15, 0.2) is 91.0 Å². The number of carbonyl (C=O) groups is 2. The fourth-order valence-corrected chi connectivity index (χ4v) is 5.02. The van der Waals surface area contributed by atoms with Crippen molar-refractivity contribution in [3.05, 3.63) is 114 Å².